The van der Waals surface area contributed by atoms with Crippen LogP contribution in [0.3, 0.4) is 0 Å². The van der Waals surface area contributed by atoms with Gasteiger partial charge in [0.05, 0.1) is 12.7 Å². The van der Waals surface area contributed by atoms with E-state index in [4.69, 9.17) is 21.1 Å². The molecule has 1 aliphatic rings. The lowest BCUT2D eigenvalue weighted by Gasteiger charge is -2.03. The third-order valence-corrected chi connectivity index (χ3v) is 2.58. The van der Waals surface area contributed by atoms with Crippen molar-refractivity contribution >= 4 is 36.5 Å². The molecule has 0 aromatic heterocycles. The summed E-state index contributed by atoms with van der Waals surface area (Å²) in [6.45, 7) is 0. The predicted octanol–water partition coefficient (Wildman–Crippen LogP) is -0.695. The lowest BCUT2D eigenvalue weighted by atomic mass is 10.1. The number of nitrogens with zero attached hydrogens (tertiary/aromatic N) is 2. The van der Waals surface area contributed by atoms with Gasteiger partial charge in [0.25, 0.3) is 0 Å². The minimum Gasteiger partial charge on any atom is -0.481 e. The fourth-order valence-electron chi connectivity index (χ4n) is 1.45. The van der Waals surface area contributed by atoms with Crippen LogP contribution in [0.2, 0.25) is 0 Å². The molecule has 1 rings (SSSR count). The quantitative estimate of drug-likeness (QED) is 0.281. The number of hydrogen-bond donors (Lipinski definition) is 5. The molecule has 0 aromatic rings. The van der Waals surface area contributed by atoms with Gasteiger partial charge >= 0.3 is 17.9 Å². The summed E-state index contributed by atoms with van der Waals surface area (Å²) >= 11 is 0. The fraction of sp³-hybridized carbons (Fsp3) is 0.538. The van der Waals surface area contributed by atoms with E-state index in [-0.39, 0.29) is 39.0 Å². The molecule has 11 nitrogen and oxygen atoms in total. The SMILES string of the molecule is C.NC=N[C@@H](CCC(=O)O)C(=O)O.O=C(O)CCC1N=CNC1=O. The molecule has 0 radical (unpaired) electrons. The van der Waals surface area contributed by atoms with Gasteiger partial charge in [-0.15, -0.1) is 0 Å². The van der Waals surface area contributed by atoms with E-state index in [1.165, 1.54) is 6.34 Å². The molecule has 0 spiro atoms. The highest BCUT2D eigenvalue weighted by Crippen LogP contribution is 2.04. The van der Waals surface area contributed by atoms with E-state index in [2.05, 4.69) is 15.3 Å². The van der Waals surface area contributed by atoms with Crippen molar-refractivity contribution in [3.8, 4) is 0 Å². The number of rotatable bonds is 8. The number of carboxylic acid groups (broad SMARTS) is 3. The Labute approximate surface area is 138 Å². The predicted molar refractivity (Wildman–Crippen MR) is 85.0 cm³/mol. The second kappa shape index (κ2) is 12.6. The Hall–Kier alpha value is -2.98. The number of nitrogens with one attached hydrogen (secondary N) is 1. The van der Waals surface area contributed by atoms with Crippen LogP contribution >= 0.6 is 0 Å². The summed E-state index contributed by atoms with van der Waals surface area (Å²) in [4.78, 5) is 48.4. The highest BCUT2D eigenvalue weighted by atomic mass is 16.4. The number of carbonyl (C=O) groups excluding carboxylic acids is 1. The topological polar surface area (TPSA) is 192 Å². The molecule has 136 valence electrons. The Morgan fingerprint density at radius 3 is 2.25 bits per heavy atom. The van der Waals surface area contributed by atoms with Gasteiger partial charge in [-0.2, -0.15) is 0 Å². The summed E-state index contributed by atoms with van der Waals surface area (Å²) in [6.07, 6.45) is 2.15. The van der Waals surface area contributed by atoms with Crippen molar-refractivity contribution in [2.24, 2.45) is 15.7 Å². The molecule has 0 saturated carbocycles. The molecule has 0 aliphatic carbocycles. The van der Waals surface area contributed by atoms with Crippen molar-refractivity contribution in [3.05, 3.63) is 0 Å². The first-order chi connectivity index (χ1) is 10.8. The highest BCUT2D eigenvalue weighted by molar-refractivity contribution is 5.96. The van der Waals surface area contributed by atoms with E-state index in [0.29, 0.717) is 0 Å². The van der Waals surface area contributed by atoms with E-state index in [1.54, 1.807) is 0 Å². The number of aliphatic carboxylic acids is 3. The van der Waals surface area contributed by atoms with Crippen LogP contribution in [0, 0.1) is 0 Å². The summed E-state index contributed by atoms with van der Waals surface area (Å²) in [5, 5.41) is 27.3. The van der Waals surface area contributed by atoms with Crippen LogP contribution in [0.5, 0.6) is 0 Å². The van der Waals surface area contributed by atoms with Crippen molar-refractivity contribution in [1.29, 1.82) is 0 Å². The second-order valence-corrected chi connectivity index (χ2v) is 4.32. The first-order valence-corrected chi connectivity index (χ1v) is 6.49. The van der Waals surface area contributed by atoms with Gasteiger partial charge in [0, 0.05) is 12.8 Å². The van der Waals surface area contributed by atoms with Crippen LogP contribution in [0.4, 0.5) is 0 Å². The summed E-state index contributed by atoms with van der Waals surface area (Å²) in [5.74, 6) is -3.34. The molecule has 1 heterocycles. The molecule has 1 amide bonds. The lowest BCUT2D eigenvalue weighted by molar-refractivity contribution is -0.140. The largest absolute Gasteiger partial charge is 0.481 e. The van der Waals surface area contributed by atoms with E-state index >= 15 is 0 Å². The van der Waals surface area contributed by atoms with Gasteiger partial charge in [0.15, 0.2) is 0 Å². The lowest BCUT2D eigenvalue weighted by Crippen LogP contribution is -2.25. The molecule has 24 heavy (non-hydrogen) atoms. The van der Waals surface area contributed by atoms with Crippen LogP contribution in [0.1, 0.15) is 33.1 Å². The monoisotopic (exact) mass is 346 g/mol. The van der Waals surface area contributed by atoms with E-state index in [1.807, 2.05) is 0 Å². The normalized spacial score (nSPS) is 16.5. The van der Waals surface area contributed by atoms with Crippen molar-refractivity contribution in [2.45, 2.75) is 45.2 Å². The van der Waals surface area contributed by atoms with Gasteiger partial charge in [0.1, 0.15) is 12.1 Å². The molecular weight excluding hydrogens is 324 g/mol. The maximum atomic E-state index is 10.8. The van der Waals surface area contributed by atoms with Crippen molar-refractivity contribution < 1.29 is 34.5 Å². The van der Waals surface area contributed by atoms with Gasteiger partial charge in [-0.3, -0.25) is 24.4 Å². The molecule has 0 saturated heterocycles. The standard InChI is InChI=1S/C6H10N2O4.C6H8N2O3.CH4/c7-3-8-4(6(11)12)1-2-5(9)10;9-5(10)2-1-4-6(11)8-3-7-4;/h3-4H,1-2H2,(H2,7,8)(H,9,10)(H,11,12);3-4H,1-2H2,(H,9,10)(H,7,8,11);1H4/t4-;;/m0../s1. The van der Waals surface area contributed by atoms with Gasteiger partial charge in [-0.05, 0) is 12.8 Å². The van der Waals surface area contributed by atoms with Crippen LogP contribution in [0.15, 0.2) is 9.98 Å². The summed E-state index contributed by atoms with van der Waals surface area (Å²) in [7, 11) is 0. The summed E-state index contributed by atoms with van der Waals surface area (Å²) in [5.41, 5.74) is 4.87. The molecule has 0 aromatic carbocycles. The molecule has 6 N–H and O–H groups in total. The number of aliphatic imine (C=N–C) groups is 2. The van der Waals surface area contributed by atoms with Gasteiger partial charge in [-0.25, -0.2) is 4.79 Å². The fourth-order valence-corrected chi connectivity index (χ4v) is 1.45. The Balaban J connectivity index is 0. The maximum absolute atomic E-state index is 10.8. The maximum Gasteiger partial charge on any atom is 0.328 e. The van der Waals surface area contributed by atoms with E-state index in [9.17, 15) is 19.2 Å². The van der Waals surface area contributed by atoms with E-state index < -0.39 is 30.0 Å². The zero-order chi connectivity index (χ0) is 17.8. The first kappa shape index (κ1) is 23.3. The molecule has 1 aliphatic heterocycles. The number of carbonyl (C=O) groups is 4. The number of hydrogen-bond acceptors (Lipinski definition) is 6. The van der Waals surface area contributed by atoms with Crippen LogP contribution in [0.25, 0.3) is 0 Å². The zero-order valence-corrected chi connectivity index (χ0v) is 12.1. The van der Waals surface area contributed by atoms with E-state index in [0.717, 1.165) is 6.34 Å². The third-order valence-electron chi connectivity index (χ3n) is 2.58. The van der Waals surface area contributed by atoms with Crippen LogP contribution in [-0.2, 0) is 19.2 Å². The number of carboxylic acids is 3. The second-order valence-electron chi connectivity index (χ2n) is 4.32. The Bertz CT molecular complexity index is 505. The first-order valence-electron chi connectivity index (χ1n) is 6.49. The average Bonchev–Trinajstić information content (AvgIpc) is 2.86. The molecular formula is C13H22N4O7. The van der Waals surface area contributed by atoms with Gasteiger partial charge in [0.2, 0.25) is 5.91 Å². The number of amides is 1. The van der Waals surface area contributed by atoms with Crippen molar-refractivity contribution in [2.75, 3.05) is 0 Å². The Morgan fingerprint density at radius 1 is 1.29 bits per heavy atom. The van der Waals surface area contributed by atoms with Crippen LogP contribution < -0.4 is 11.1 Å². The van der Waals surface area contributed by atoms with Gasteiger partial charge in [-0.1, -0.05) is 7.43 Å². The third kappa shape index (κ3) is 10.7. The van der Waals surface area contributed by atoms with Crippen molar-refractivity contribution in [3.63, 3.8) is 0 Å². The number of nitrogens with two attached hydrogens (primary N) is 1. The highest BCUT2D eigenvalue weighted by Gasteiger charge is 2.20. The van der Waals surface area contributed by atoms with Crippen LogP contribution in [-0.4, -0.2) is 63.9 Å². The smallest absolute Gasteiger partial charge is 0.328 e. The molecule has 11 heteroatoms. The minimum atomic E-state index is -1.17. The van der Waals surface area contributed by atoms with Gasteiger partial charge < -0.3 is 26.4 Å². The summed E-state index contributed by atoms with van der Waals surface area (Å²) < 4.78 is 0. The Kier molecular flexibility index (Phi) is 12.2. The molecule has 1 unspecified atom stereocenters. The minimum absolute atomic E-state index is 0. The summed E-state index contributed by atoms with van der Waals surface area (Å²) in [6, 6.07) is -1.54. The molecule has 0 fully saturated rings. The molecule has 0 bridgehead atoms. The molecule has 2 atom stereocenters. The Morgan fingerprint density at radius 2 is 1.88 bits per heavy atom. The average molecular weight is 346 g/mol. The zero-order valence-electron chi connectivity index (χ0n) is 12.1. The van der Waals surface area contributed by atoms with Crippen molar-refractivity contribution in [1.82, 2.24) is 5.32 Å².